The summed E-state index contributed by atoms with van der Waals surface area (Å²) in [5, 5.41) is 18.2. The molecule has 3 N–H and O–H groups in total. The number of carbonyl (C=O) groups is 3. The number of nitrogens with one attached hydrogen (secondary N) is 2. The summed E-state index contributed by atoms with van der Waals surface area (Å²) in [6, 6.07) is -0.919. The van der Waals surface area contributed by atoms with Crippen LogP contribution in [0.1, 0.15) is 62.1 Å². The van der Waals surface area contributed by atoms with Crippen LogP contribution in [0.25, 0.3) is 0 Å². The minimum Gasteiger partial charge on any atom is -0.386 e. The largest absolute Gasteiger partial charge is 0.386 e. The van der Waals surface area contributed by atoms with Crippen LogP contribution in [-0.2, 0) is 9.59 Å². The molecule has 0 saturated heterocycles. The van der Waals surface area contributed by atoms with Gasteiger partial charge in [0.2, 0.25) is 11.8 Å². The topological polar surface area (TPSA) is 115 Å². The SMILES string of the molecule is CC[C@H](C)[C@H](NC(=O)CN(C)C)C(=O)N(C)[C@H](C[C@@H](O)c1nc(C(=O)NC)cs1)C(C)C. The molecule has 0 aliphatic heterocycles. The van der Waals surface area contributed by atoms with E-state index in [1.54, 1.807) is 36.3 Å². The fraction of sp³-hybridized carbons (Fsp3) is 0.727. The van der Waals surface area contributed by atoms with Gasteiger partial charge in [0, 0.05) is 31.9 Å². The van der Waals surface area contributed by atoms with Gasteiger partial charge in [0.25, 0.3) is 5.91 Å². The van der Waals surface area contributed by atoms with E-state index >= 15 is 0 Å². The Morgan fingerprint density at radius 2 is 1.81 bits per heavy atom. The Labute approximate surface area is 195 Å². The van der Waals surface area contributed by atoms with Crippen molar-refractivity contribution in [2.45, 2.75) is 58.7 Å². The van der Waals surface area contributed by atoms with Crippen LogP contribution in [0.2, 0.25) is 0 Å². The molecule has 1 aromatic rings. The molecule has 0 aromatic carbocycles. The number of carbonyl (C=O) groups excluding carboxylic acids is 3. The predicted octanol–water partition coefficient (Wildman–Crippen LogP) is 1.50. The molecule has 1 aromatic heterocycles. The van der Waals surface area contributed by atoms with Gasteiger partial charge in [-0.3, -0.25) is 14.4 Å². The lowest BCUT2D eigenvalue weighted by atomic mass is 9.93. The van der Waals surface area contributed by atoms with Gasteiger partial charge in [-0.05, 0) is 25.9 Å². The van der Waals surface area contributed by atoms with Crippen molar-refractivity contribution < 1.29 is 19.5 Å². The smallest absolute Gasteiger partial charge is 0.270 e. The van der Waals surface area contributed by atoms with Crippen molar-refractivity contribution in [1.29, 1.82) is 0 Å². The maximum absolute atomic E-state index is 13.4. The fourth-order valence-electron chi connectivity index (χ4n) is 3.45. The van der Waals surface area contributed by atoms with Gasteiger partial charge < -0.3 is 25.5 Å². The first kappa shape index (κ1) is 28.0. The van der Waals surface area contributed by atoms with E-state index in [4.69, 9.17) is 0 Å². The Balaban J connectivity index is 3.01. The summed E-state index contributed by atoms with van der Waals surface area (Å²) in [5.41, 5.74) is 0.262. The third-order valence-corrected chi connectivity index (χ3v) is 6.55. The summed E-state index contributed by atoms with van der Waals surface area (Å²) in [5.74, 6) is -0.664. The standard InChI is InChI=1S/C22H39N5O4S/c1-9-14(4)19(25-18(29)11-26(6)7)22(31)27(8)16(13(2)3)10-17(28)21-24-15(12-32-21)20(30)23-5/h12-14,16-17,19,28H,9-11H2,1-8H3,(H,23,30)(H,25,29)/t14-,16+,17+,19-/m0/s1. The molecule has 182 valence electrons. The number of aliphatic hydroxyl groups excluding tert-OH is 1. The molecule has 0 spiro atoms. The van der Waals surface area contributed by atoms with E-state index in [2.05, 4.69) is 15.6 Å². The highest BCUT2D eigenvalue weighted by Gasteiger charge is 2.34. The van der Waals surface area contributed by atoms with Crippen LogP contribution in [-0.4, -0.2) is 84.4 Å². The number of amides is 3. The Morgan fingerprint density at radius 3 is 2.31 bits per heavy atom. The number of nitrogens with zero attached hydrogens (tertiary/aromatic N) is 3. The predicted molar refractivity (Wildman–Crippen MR) is 126 cm³/mol. The lowest BCUT2D eigenvalue weighted by Gasteiger charge is -2.36. The van der Waals surface area contributed by atoms with E-state index in [1.165, 1.54) is 18.4 Å². The normalized spacial score (nSPS) is 15.2. The molecule has 9 nitrogen and oxygen atoms in total. The second-order valence-corrected chi connectivity index (χ2v) is 9.72. The molecular weight excluding hydrogens is 430 g/mol. The summed E-state index contributed by atoms with van der Waals surface area (Å²) < 4.78 is 0. The van der Waals surface area contributed by atoms with Gasteiger partial charge in [-0.2, -0.15) is 0 Å². The minimum atomic E-state index is -0.911. The molecule has 0 unspecified atom stereocenters. The molecule has 0 fully saturated rings. The first-order chi connectivity index (χ1) is 14.9. The van der Waals surface area contributed by atoms with E-state index < -0.39 is 12.1 Å². The summed E-state index contributed by atoms with van der Waals surface area (Å²) in [6.07, 6.45) is 0.105. The van der Waals surface area contributed by atoms with Gasteiger partial charge in [0.05, 0.1) is 6.54 Å². The number of hydrogen-bond acceptors (Lipinski definition) is 7. The third-order valence-electron chi connectivity index (χ3n) is 5.60. The Bertz CT molecular complexity index is 767. The quantitative estimate of drug-likeness (QED) is 0.427. The second-order valence-electron chi connectivity index (χ2n) is 8.83. The average molecular weight is 470 g/mol. The fourth-order valence-corrected chi connectivity index (χ4v) is 4.25. The van der Waals surface area contributed by atoms with Gasteiger partial charge in [0.15, 0.2) is 0 Å². The van der Waals surface area contributed by atoms with Crippen LogP contribution in [0, 0.1) is 11.8 Å². The Kier molecular flexibility index (Phi) is 11.2. The summed E-state index contributed by atoms with van der Waals surface area (Å²) in [4.78, 5) is 45.1. The maximum Gasteiger partial charge on any atom is 0.270 e. The van der Waals surface area contributed by atoms with Crippen LogP contribution in [0.5, 0.6) is 0 Å². The van der Waals surface area contributed by atoms with Crippen LogP contribution >= 0.6 is 11.3 Å². The molecule has 0 bridgehead atoms. The highest BCUT2D eigenvalue weighted by atomic mass is 32.1. The van der Waals surface area contributed by atoms with Crippen LogP contribution in [0.4, 0.5) is 0 Å². The van der Waals surface area contributed by atoms with Crippen molar-refractivity contribution in [3.8, 4) is 0 Å². The average Bonchev–Trinajstić information content (AvgIpc) is 3.23. The number of thiazole rings is 1. The van der Waals surface area contributed by atoms with Gasteiger partial charge in [-0.1, -0.05) is 34.1 Å². The molecule has 10 heteroatoms. The lowest BCUT2D eigenvalue weighted by molar-refractivity contribution is -0.140. The number of aliphatic hydroxyl groups is 1. The first-order valence-corrected chi connectivity index (χ1v) is 11.9. The van der Waals surface area contributed by atoms with Crippen molar-refractivity contribution in [2.75, 3.05) is 34.7 Å². The highest BCUT2D eigenvalue weighted by Crippen LogP contribution is 2.27. The zero-order chi connectivity index (χ0) is 24.6. The molecule has 1 rings (SSSR count). The second kappa shape index (κ2) is 12.9. The van der Waals surface area contributed by atoms with Crippen LogP contribution in [0.15, 0.2) is 5.38 Å². The highest BCUT2D eigenvalue weighted by molar-refractivity contribution is 7.09. The molecular formula is C22H39N5O4S. The van der Waals surface area contributed by atoms with Crippen molar-refractivity contribution in [1.82, 2.24) is 25.4 Å². The monoisotopic (exact) mass is 469 g/mol. The minimum absolute atomic E-state index is 0.0390. The molecule has 1 heterocycles. The van der Waals surface area contributed by atoms with E-state index in [-0.39, 0.29) is 54.3 Å². The zero-order valence-corrected chi connectivity index (χ0v) is 21.3. The number of aromatic nitrogens is 1. The Hall–Kier alpha value is -2.04. The maximum atomic E-state index is 13.4. The van der Waals surface area contributed by atoms with Gasteiger partial charge >= 0.3 is 0 Å². The van der Waals surface area contributed by atoms with E-state index in [9.17, 15) is 19.5 Å². The molecule has 0 aliphatic rings. The summed E-state index contributed by atoms with van der Waals surface area (Å²) in [7, 11) is 6.84. The van der Waals surface area contributed by atoms with E-state index in [1.807, 2.05) is 27.7 Å². The van der Waals surface area contributed by atoms with Crippen molar-refractivity contribution in [3.05, 3.63) is 16.1 Å². The van der Waals surface area contributed by atoms with Crippen LogP contribution < -0.4 is 10.6 Å². The lowest BCUT2D eigenvalue weighted by Crippen LogP contribution is -2.55. The molecule has 0 radical (unpaired) electrons. The number of likely N-dealkylation sites (N-methyl/N-ethyl adjacent to an activating group) is 2. The van der Waals surface area contributed by atoms with Crippen molar-refractivity contribution >= 4 is 29.1 Å². The summed E-state index contributed by atoms with van der Waals surface area (Å²) in [6.45, 7) is 8.11. The van der Waals surface area contributed by atoms with Gasteiger partial charge in [0.1, 0.15) is 22.8 Å². The molecule has 0 saturated carbocycles. The van der Waals surface area contributed by atoms with Crippen molar-refractivity contribution in [3.63, 3.8) is 0 Å². The number of rotatable bonds is 12. The molecule has 32 heavy (non-hydrogen) atoms. The number of hydrogen-bond donors (Lipinski definition) is 3. The van der Waals surface area contributed by atoms with Crippen molar-refractivity contribution in [2.24, 2.45) is 11.8 Å². The van der Waals surface area contributed by atoms with E-state index in [0.717, 1.165) is 6.42 Å². The Morgan fingerprint density at radius 1 is 1.19 bits per heavy atom. The van der Waals surface area contributed by atoms with E-state index in [0.29, 0.717) is 5.01 Å². The zero-order valence-electron chi connectivity index (χ0n) is 20.5. The van der Waals surface area contributed by atoms with Gasteiger partial charge in [-0.25, -0.2) is 4.98 Å². The summed E-state index contributed by atoms with van der Waals surface area (Å²) >= 11 is 1.22. The molecule has 4 atom stereocenters. The van der Waals surface area contributed by atoms with Crippen LogP contribution in [0.3, 0.4) is 0 Å². The third kappa shape index (κ3) is 7.83. The van der Waals surface area contributed by atoms with Gasteiger partial charge in [-0.15, -0.1) is 11.3 Å². The molecule has 0 aliphatic carbocycles. The molecule has 3 amide bonds. The first-order valence-electron chi connectivity index (χ1n) is 11.0.